The van der Waals surface area contributed by atoms with Crippen LogP contribution in [0.5, 0.6) is 0 Å². The van der Waals surface area contributed by atoms with E-state index in [0.717, 1.165) is 31.1 Å². The minimum atomic E-state index is -0.233. The highest BCUT2D eigenvalue weighted by molar-refractivity contribution is 5.92. The number of rotatable bonds is 0. The molecule has 7 rings (SSSR count). The van der Waals surface area contributed by atoms with E-state index in [4.69, 9.17) is 4.74 Å². The molecule has 1 aliphatic heterocycles. The van der Waals surface area contributed by atoms with E-state index in [-0.39, 0.29) is 22.4 Å². The number of esters is 1. The summed E-state index contributed by atoms with van der Waals surface area (Å²) in [6.45, 7) is 4.70. The largest absolute Gasteiger partial charge is 0.458 e. The molecule has 4 saturated carbocycles. The number of ether oxygens (including phenoxy) is 1. The molecule has 3 heteroatoms. The van der Waals surface area contributed by atoms with E-state index < -0.39 is 0 Å². The molecule has 5 fully saturated rings. The molecule has 1 saturated heterocycles. The van der Waals surface area contributed by atoms with Crippen LogP contribution in [-0.4, -0.2) is 17.4 Å². The maximum Gasteiger partial charge on any atom is 0.306 e. The van der Waals surface area contributed by atoms with Gasteiger partial charge in [0.15, 0.2) is 5.78 Å². The number of carbonyl (C=O) groups excluding carboxylic acids is 2. The first-order valence-electron chi connectivity index (χ1n) is 11.1. The molecular formula is C24H28O3. The van der Waals surface area contributed by atoms with E-state index in [1.807, 2.05) is 6.08 Å². The molecular weight excluding hydrogens is 336 g/mol. The minimum absolute atomic E-state index is 0.0279. The summed E-state index contributed by atoms with van der Waals surface area (Å²) in [6, 6.07) is 0. The Morgan fingerprint density at radius 3 is 2.74 bits per heavy atom. The molecule has 27 heavy (non-hydrogen) atoms. The average molecular weight is 364 g/mol. The quantitative estimate of drug-likeness (QED) is 0.477. The van der Waals surface area contributed by atoms with Crippen LogP contribution in [0.15, 0.2) is 23.3 Å². The van der Waals surface area contributed by atoms with E-state index in [2.05, 4.69) is 19.9 Å². The van der Waals surface area contributed by atoms with Gasteiger partial charge in [-0.3, -0.25) is 9.59 Å². The van der Waals surface area contributed by atoms with Crippen LogP contribution in [0.3, 0.4) is 0 Å². The zero-order valence-electron chi connectivity index (χ0n) is 16.3. The Hall–Kier alpha value is -1.38. The standard InChI is InChI=1S/C24H28O3/c1-22-6-3-12(25)9-17(22)13-10-14(13)20-16(22)4-7-24-8-5-19(26)27-23(24,2)18-11-15(18)21(20)24/h4,9,13-15,18,20-21H,3,5-8,10-11H2,1-2H3/t13-,14+,15-,18+,20?,21?,22-,23+,24?/m1/s1. The summed E-state index contributed by atoms with van der Waals surface area (Å²) < 4.78 is 6.16. The molecule has 9 atom stereocenters. The highest BCUT2D eigenvalue weighted by Gasteiger charge is 2.79. The van der Waals surface area contributed by atoms with Gasteiger partial charge in [0.2, 0.25) is 0 Å². The molecule has 7 aliphatic rings. The van der Waals surface area contributed by atoms with Gasteiger partial charge in [0, 0.05) is 29.6 Å². The molecule has 0 radical (unpaired) electrons. The van der Waals surface area contributed by atoms with Crippen molar-refractivity contribution in [1.82, 2.24) is 0 Å². The van der Waals surface area contributed by atoms with Crippen molar-refractivity contribution in [3.63, 3.8) is 0 Å². The van der Waals surface area contributed by atoms with E-state index >= 15 is 0 Å². The van der Waals surface area contributed by atoms with Gasteiger partial charge in [-0.2, -0.15) is 0 Å². The maximum atomic E-state index is 12.2. The van der Waals surface area contributed by atoms with Gasteiger partial charge < -0.3 is 4.74 Å². The van der Waals surface area contributed by atoms with Gasteiger partial charge in [0.25, 0.3) is 0 Å². The number of fused-ring (bicyclic) bond motifs is 10. The summed E-state index contributed by atoms with van der Waals surface area (Å²) in [6.07, 6.45) is 11.5. The molecule has 0 bridgehead atoms. The fourth-order valence-corrected chi connectivity index (χ4v) is 9.04. The van der Waals surface area contributed by atoms with Crippen molar-refractivity contribution >= 4 is 11.8 Å². The summed E-state index contributed by atoms with van der Waals surface area (Å²) >= 11 is 0. The average Bonchev–Trinajstić information content (AvgIpc) is 3.52. The van der Waals surface area contributed by atoms with Crippen LogP contribution in [0, 0.1) is 46.3 Å². The highest BCUT2D eigenvalue weighted by atomic mass is 16.6. The lowest BCUT2D eigenvalue weighted by molar-refractivity contribution is -0.198. The fourth-order valence-electron chi connectivity index (χ4n) is 9.04. The Bertz CT molecular complexity index is 882. The van der Waals surface area contributed by atoms with Crippen molar-refractivity contribution in [3.8, 4) is 0 Å². The first-order valence-corrected chi connectivity index (χ1v) is 11.1. The van der Waals surface area contributed by atoms with Crippen molar-refractivity contribution in [2.24, 2.45) is 46.3 Å². The third-order valence-electron chi connectivity index (χ3n) is 10.3. The molecule has 1 spiro atoms. The number of hydrogen-bond acceptors (Lipinski definition) is 3. The van der Waals surface area contributed by atoms with Gasteiger partial charge in [0.1, 0.15) is 5.60 Å². The highest BCUT2D eigenvalue weighted by Crippen LogP contribution is 2.81. The molecule has 0 amide bonds. The van der Waals surface area contributed by atoms with Gasteiger partial charge in [-0.15, -0.1) is 0 Å². The van der Waals surface area contributed by atoms with Crippen LogP contribution < -0.4 is 0 Å². The van der Waals surface area contributed by atoms with Gasteiger partial charge in [0.05, 0.1) is 0 Å². The van der Waals surface area contributed by atoms with Gasteiger partial charge >= 0.3 is 5.97 Å². The molecule has 142 valence electrons. The van der Waals surface area contributed by atoms with E-state index in [1.54, 1.807) is 5.57 Å². The number of allylic oxidation sites excluding steroid dienone is 4. The van der Waals surface area contributed by atoms with E-state index in [9.17, 15) is 9.59 Å². The Labute approximate surface area is 160 Å². The smallest absolute Gasteiger partial charge is 0.306 e. The molecule has 3 nitrogen and oxygen atoms in total. The Kier molecular flexibility index (Phi) is 2.46. The molecule has 6 aliphatic carbocycles. The van der Waals surface area contributed by atoms with Crippen LogP contribution in [0.1, 0.15) is 58.8 Å². The first-order chi connectivity index (χ1) is 12.9. The topological polar surface area (TPSA) is 43.4 Å². The van der Waals surface area contributed by atoms with Crippen LogP contribution in [-0.2, 0) is 14.3 Å². The second-order valence-electron chi connectivity index (χ2n) is 11.1. The monoisotopic (exact) mass is 364 g/mol. The predicted molar refractivity (Wildman–Crippen MR) is 99.5 cm³/mol. The molecule has 0 N–H and O–H groups in total. The van der Waals surface area contributed by atoms with Crippen molar-refractivity contribution < 1.29 is 14.3 Å². The lowest BCUT2D eigenvalue weighted by atomic mass is 9.48. The third-order valence-corrected chi connectivity index (χ3v) is 10.3. The molecule has 0 aromatic carbocycles. The molecule has 0 aromatic rings. The SMILES string of the molecule is C[C@]12CCC(=O)C=C1[C@@H]1C[C@@H]1C1C2=CCC23CCC(=O)O[C@@]2(C)[C@H]2C[C@H]2C13. The van der Waals surface area contributed by atoms with Gasteiger partial charge in [-0.25, -0.2) is 0 Å². The fraction of sp³-hybridized carbons (Fsp3) is 0.750. The number of hydrogen-bond donors (Lipinski definition) is 0. The maximum absolute atomic E-state index is 12.2. The number of carbonyl (C=O) groups is 2. The zero-order chi connectivity index (χ0) is 18.3. The molecule has 3 unspecified atom stereocenters. The Morgan fingerprint density at radius 1 is 1.04 bits per heavy atom. The predicted octanol–water partition coefficient (Wildman–Crippen LogP) is 4.23. The molecule has 0 aromatic heterocycles. The normalized spacial score (nSPS) is 59.0. The molecule has 1 heterocycles. The van der Waals surface area contributed by atoms with Crippen molar-refractivity contribution in [1.29, 1.82) is 0 Å². The van der Waals surface area contributed by atoms with Crippen LogP contribution >= 0.6 is 0 Å². The van der Waals surface area contributed by atoms with Crippen LogP contribution in [0.25, 0.3) is 0 Å². The lowest BCUT2D eigenvalue weighted by Gasteiger charge is -2.58. The third kappa shape index (κ3) is 1.53. The van der Waals surface area contributed by atoms with Crippen LogP contribution in [0.4, 0.5) is 0 Å². The van der Waals surface area contributed by atoms with Gasteiger partial charge in [-0.1, -0.05) is 24.1 Å². The minimum Gasteiger partial charge on any atom is -0.458 e. The summed E-state index contributed by atoms with van der Waals surface area (Å²) in [7, 11) is 0. The van der Waals surface area contributed by atoms with Crippen molar-refractivity contribution in [2.45, 2.75) is 64.4 Å². The summed E-state index contributed by atoms with van der Waals surface area (Å²) in [5.41, 5.74) is 3.20. The van der Waals surface area contributed by atoms with Crippen molar-refractivity contribution in [3.05, 3.63) is 23.3 Å². The number of ketones is 1. The summed E-state index contributed by atoms with van der Waals surface area (Å²) in [5, 5.41) is 0. The van der Waals surface area contributed by atoms with E-state index in [0.29, 0.717) is 42.3 Å². The first kappa shape index (κ1) is 15.5. The van der Waals surface area contributed by atoms with Crippen LogP contribution in [0.2, 0.25) is 0 Å². The van der Waals surface area contributed by atoms with E-state index in [1.165, 1.54) is 18.4 Å². The lowest BCUT2D eigenvalue weighted by Crippen LogP contribution is -2.58. The Balaban J connectivity index is 1.40. The Morgan fingerprint density at radius 2 is 1.89 bits per heavy atom. The summed E-state index contributed by atoms with van der Waals surface area (Å²) in [5.74, 6) is 4.48. The zero-order valence-corrected chi connectivity index (χ0v) is 16.3. The second-order valence-corrected chi connectivity index (χ2v) is 11.1. The summed E-state index contributed by atoms with van der Waals surface area (Å²) in [4.78, 5) is 24.3. The second kappa shape index (κ2) is 4.28. The van der Waals surface area contributed by atoms with Crippen molar-refractivity contribution in [2.75, 3.05) is 0 Å². The van der Waals surface area contributed by atoms with Gasteiger partial charge in [-0.05, 0) is 74.7 Å².